The summed E-state index contributed by atoms with van der Waals surface area (Å²) in [5.74, 6) is 0.968. The number of nitrogens with zero attached hydrogens (tertiary/aromatic N) is 3. The molecule has 0 aliphatic carbocycles. The molecular weight excluding hydrogens is 272 g/mol. The Balaban J connectivity index is 1.67. The summed E-state index contributed by atoms with van der Waals surface area (Å²) in [7, 11) is 0. The Labute approximate surface area is 130 Å². The predicted molar refractivity (Wildman–Crippen MR) is 87.6 cm³/mol. The van der Waals surface area contributed by atoms with E-state index in [9.17, 15) is 0 Å². The smallest absolute Gasteiger partial charge is 0.173 e. The summed E-state index contributed by atoms with van der Waals surface area (Å²) in [5.41, 5.74) is 5.57. The van der Waals surface area contributed by atoms with E-state index in [0.29, 0.717) is 0 Å². The third kappa shape index (κ3) is 1.92. The predicted octanol–water partition coefficient (Wildman–Crippen LogP) is 3.09. The highest BCUT2D eigenvalue weighted by molar-refractivity contribution is 5.99. The normalized spacial score (nSPS) is 23.9. The number of allylic oxidation sites excluding steroid dienone is 1. The van der Waals surface area contributed by atoms with Crippen LogP contribution < -0.4 is 5.53 Å². The molecule has 4 nitrogen and oxygen atoms in total. The highest BCUT2D eigenvalue weighted by atomic mass is 16.0. The molecule has 2 aromatic carbocycles. The number of hydrazine groups is 2. The van der Waals surface area contributed by atoms with Crippen molar-refractivity contribution in [2.75, 3.05) is 0 Å². The average Bonchev–Trinajstić information content (AvgIpc) is 2.94. The van der Waals surface area contributed by atoms with E-state index in [0.717, 1.165) is 11.4 Å². The van der Waals surface area contributed by atoms with Crippen LogP contribution in [0.5, 0.6) is 0 Å². The van der Waals surface area contributed by atoms with Crippen molar-refractivity contribution in [1.29, 1.82) is 0 Å². The molecule has 1 saturated heterocycles. The molecule has 0 spiro atoms. The number of fused-ring (bicyclic) bond motifs is 1. The molecule has 2 aromatic rings. The molecular formula is C18H18N4. The maximum atomic E-state index is 4.52. The average molecular weight is 290 g/mol. The van der Waals surface area contributed by atoms with E-state index in [4.69, 9.17) is 0 Å². The quantitative estimate of drug-likeness (QED) is 0.881. The van der Waals surface area contributed by atoms with Crippen molar-refractivity contribution in [3.8, 4) is 0 Å². The third-order valence-corrected chi connectivity index (χ3v) is 4.14. The van der Waals surface area contributed by atoms with Gasteiger partial charge in [0, 0.05) is 5.56 Å². The van der Waals surface area contributed by atoms with Gasteiger partial charge in [0.15, 0.2) is 5.84 Å². The Kier molecular flexibility index (Phi) is 3.16. The van der Waals surface area contributed by atoms with Crippen LogP contribution in [0.3, 0.4) is 0 Å². The van der Waals surface area contributed by atoms with Crippen LogP contribution in [-0.2, 0) is 0 Å². The van der Waals surface area contributed by atoms with Crippen LogP contribution in [-0.4, -0.2) is 22.0 Å². The van der Waals surface area contributed by atoms with Gasteiger partial charge >= 0.3 is 0 Å². The minimum atomic E-state index is 0.266. The van der Waals surface area contributed by atoms with E-state index in [1.165, 1.54) is 5.56 Å². The lowest BCUT2D eigenvalue weighted by atomic mass is 9.93. The minimum Gasteiger partial charge on any atom is -0.259 e. The van der Waals surface area contributed by atoms with Gasteiger partial charge in [0.2, 0.25) is 0 Å². The second kappa shape index (κ2) is 5.31. The largest absolute Gasteiger partial charge is 0.259 e. The van der Waals surface area contributed by atoms with Gasteiger partial charge in [0.25, 0.3) is 0 Å². The van der Waals surface area contributed by atoms with E-state index >= 15 is 0 Å². The zero-order valence-corrected chi connectivity index (χ0v) is 12.4. The van der Waals surface area contributed by atoms with E-state index in [-0.39, 0.29) is 12.1 Å². The fourth-order valence-corrected chi connectivity index (χ4v) is 3.15. The molecule has 0 amide bonds. The van der Waals surface area contributed by atoms with Crippen molar-refractivity contribution >= 4 is 5.84 Å². The van der Waals surface area contributed by atoms with Crippen LogP contribution >= 0.6 is 0 Å². The summed E-state index contributed by atoms with van der Waals surface area (Å²) in [6.45, 7) is 2.06. The first-order chi connectivity index (χ1) is 10.9. The maximum Gasteiger partial charge on any atom is 0.173 e. The van der Waals surface area contributed by atoms with Crippen molar-refractivity contribution in [1.82, 2.24) is 15.7 Å². The molecule has 2 unspecified atom stereocenters. The van der Waals surface area contributed by atoms with Crippen LogP contribution in [0.1, 0.15) is 24.1 Å². The monoisotopic (exact) mass is 290 g/mol. The summed E-state index contributed by atoms with van der Waals surface area (Å²) < 4.78 is 0. The van der Waals surface area contributed by atoms with E-state index < -0.39 is 0 Å². The zero-order chi connectivity index (χ0) is 14.9. The van der Waals surface area contributed by atoms with Crippen molar-refractivity contribution in [3.05, 3.63) is 83.9 Å². The first-order valence-corrected chi connectivity index (χ1v) is 7.55. The Morgan fingerprint density at radius 1 is 1.00 bits per heavy atom. The molecule has 0 bridgehead atoms. The Bertz CT molecular complexity index is 708. The maximum absolute atomic E-state index is 4.52. The van der Waals surface area contributed by atoms with Crippen molar-refractivity contribution in [3.63, 3.8) is 0 Å². The third-order valence-electron chi connectivity index (χ3n) is 4.14. The van der Waals surface area contributed by atoms with Crippen LogP contribution in [0.15, 0.2) is 77.9 Å². The van der Waals surface area contributed by atoms with Crippen molar-refractivity contribution < 1.29 is 0 Å². The molecule has 4 rings (SSSR count). The number of rotatable bonds is 3. The number of nitrogens with one attached hydrogen (secondary N) is 1. The molecule has 2 aliphatic heterocycles. The molecule has 22 heavy (non-hydrogen) atoms. The van der Waals surface area contributed by atoms with E-state index in [2.05, 4.69) is 76.2 Å². The van der Waals surface area contributed by atoms with Crippen LogP contribution in [0.2, 0.25) is 0 Å². The summed E-state index contributed by atoms with van der Waals surface area (Å²) in [4.78, 5) is 0. The number of benzene rings is 2. The van der Waals surface area contributed by atoms with Gasteiger partial charge in [-0.25, -0.2) is 5.53 Å². The highest BCUT2D eigenvalue weighted by Gasteiger charge is 2.51. The summed E-state index contributed by atoms with van der Waals surface area (Å²) in [6.07, 6.45) is 4.35. The van der Waals surface area contributed by atoms with Gasteiger partial charge in [-0.15, -0.1) is 10.2 Å². The fourth-order valence-electron chi connectivity index (χ4n) is 3.15. The number of hydrogen-bond donors (Lipinski definition) is 1. The number of hydrogen-bond acceptors (Lipinski definition) is 4. The molecule has 2 heterocycles. The van der Waals surface area contributed by atoms with Crippen molar-refractivity contribution in [2.24, 2.45) is 5.10 Å². The second-order valence-corrected chi connectivity index (χ2v) is 5.46. The molecule has 0 saturated carbocycles. The lowest BCUT2D eigenvalue weighted by Gasteiger charge is -2.52. The van der Waals surface area contributed by atoms with Gasteiger partial charge in [-0.05, 0) is 12.5 Å². The minimum absolute atomic E-state index is 0.266. The first kappa shape index (κ1) is 13.1. The molecule has 1 N–H and O–H groups in total. The van der Waals surface area contributed by atoms with Gasteiger partial charge < -0.3 is 0 Å². The van der Waals surface area contributed by atoms with Gasteiger partial charge in [-0.2, -0.15) is 0 Å². The lowest BCUT2D eigenvalue weighted by molar-refractivity contribution is -0.163. The summed E-state index contributed by atoms with van der Waals surface area (Å²) >= 11 is 0. The van der Waals surface area contributed by atoms with Crippen LogP contribution in [0.4, 0.5) is 0 Å². The van der Waals surface area contributed by atoms with Gasteiger partial charge in [0.05, 0.1) is 6.04 Å². The SMILES string of the molecule is CC=CC1C(c2ccccc2)N2NN=C(c3ccccc3)N12. The van der Waals surface area contributed by atoms with Gasteiger partial charge in [0.1, 0.15) is 6.04 Å². The zero-order valence-electron chi connectivity index (χ0n) is 12.4. The molecule has 110 valence electrons. The highest BCUT2D eigenvalue weighted by Crippen LogP contribution is 2.41. The summed E-state index contributed by atoms with van der Waals surface area (Å²) in [6, 6.07) is 21.4. The number of amidine groups is 1. The van der Waals surface area contributed by atoms with Crippen LogP contribution in [0.25, 0.3) is 0 Å². The second-order valence-electron chi connectivity index (χ2n) is 5.46. The van der Waals surface area contributed by atoms with Crippen LogP contribution in [0, 0.1) is 0 Å². The topological polar surface area (TPSA) is 30.9 Å². The molecule has 0 radical (unpaired) electrons. The number of hydrazone groups is 1. The molecule has 4 heteroatoms. The molecule has 0 aromatic heterocycles. The first-order valence-electron chi connectivity index (χ1n) is 7.55. The standard InChI is InChI=1S/C18H18N4/c1-2-9-16-17(14-10-5-3-6-11-14)22-20-19-18(21(16)22)15-12-7-4-8-13-15/h2-13,16-17,20H,1H3. The van der Waals surface area contributed by atoms with E-state index in [1.54, 1.807) is 0 Å². The van der Waals surface area contributed by atoms with Crippen molar-refractivity contribution in [2.45, 2.75) is 19.0 Å². The lowest BCUT2D eigenvalue weighted by Crippen LogP contribution is -2.66. The molecule has 2 atom stereocenters. The van der Waals surface area contributed by atoms with E-state index in [1.807, 2.05) is 24.3 Å². The Morgan fingerprint density at radius 3 is 2.36 bits per heavy atom. The Morgan fingerprint density at radius 2 is 1.68 bits per heavy atom. The fraction of sp³-hybridized carbons (Fsp3) is 0.167. The molecule has 1 fully saturated rings. The van der Waals surface area contributed by atoms with Gasteiger partial charge in [-0.3, -0.25) is 5.01 Å². The summed E-state index contributed by atoms with van der Waals surface area (Å²) in [5, 5.41) is 8.84. The molecule has 2 aliphatic rings. The Hall–Kier alpha value is -2.59. The van der Waals surface area contributed by atoms with Gasteiger partial charge in [-0.1, -0.05) is 72.8 Å².